The molecule has 0 spiro atoms. The van der Waals surface area contributed by atoms with E-state index < -0.39 is 0 Å². The van der Waals surface area contributed by atoms with Crippen LogP contribution in [0.5, 0.6) is 0 Å². The third-order valence-corrected chi connectivity index (χ3v) is 2.51. The molecule has 0 aliphatic carbocycles. The molecular formula is C8H15N5. The van der Waals surface area contributed by atoms with Gasteiger partial charge in [0.15, 0.2) is 0 Å². The van der Waals surface area contributed by atoms with E-state index in [-0.39, 0.29) is 0 Å². The Balaban J connectivity index is 2.08. The average molecular weight is 181 g/mol. The minimum Gasteiger partial charge on any atom is -0.325 e. The molecule has 0 amide bonds. The minimum absolute atomic E-state index is 0.475. The van der Waals surface area contributed by atoms with Gasteiger partial charge in [0.2, 0.25) is 0 Å². The summed E-state index contributed by atoms with van der Waals surface area (Å²) in [5.74, 6) is 0. The fourth-order valence-corrected chi connectivity index (χ4v) is 1.71. The van der Waals surface area contributed by atoms with Crippen LogP contribution >= 0.6 is 0 Å². The van der Waals surface area contributed by atoms with Crippen molar-refractivity contribution in [1.29, 1.82) is 0 Å². The van der Waals surface area contributed by atoms with Crippen LogP contribution in [0.4, 0.5) is 0 Å². The quantitative estimate of drug-likeness (QED) is 0.675. The second kappa shape index (κ2) is 3.43. The lowest BCUT2D eigenvalue weighted by Crippen LogP contribution is -2.16. The molecule has 1 aliphatic heterocycles. The summed E-state index contributed by atoms with van der Waals surface area (Å²) in [6.45, 7) is 2.68. The van der Waals surface area contributed by atoms with E-state index in [2.05, 4.69) is 22.3 Å². The van der Waals surface area contributed by atoms with Crippen LogP contribution in [0.25, 0.3) is 0 Å². The smallest absolute Gasteiger partial charge is 0.0962 e. The van der Waals surface area contributed by atoms with Gasteiger partial charge in [-0.3, -0.25) is 0 Å². The summed E-state index contributed by atoms with van der Waals surface area (Å²) in [5.41, 5.74) is 6.33. The van der Waals surface area contributed by atoms with E-state index in [1.54, 1.807) is 0 Å². The van der Waals surface area contributed by atoms with Gasteiger partial charge in [-0.05, 0) is 20.0 Å². The second-order valence-corrected chi connectivity index (χ2v) is 3.60. The Morgan fingerprint density at radius 3 is 3.08 bits per heavy atom. The molecule has 5 heteroatoms. The number of likely N-dealkylation sites (tertiary alicyclic amines) is 1. The van der Waals surface area contributed by atoms with E-state index in [4.69, 9.17) is 5.73 Å². The van der Waals surface area contributed by atoms with Crippen LogP contribution in [-0.2, 0) is 6.54 Å². The lowest BCUT2D eigenvalue weighted by Gasteiger charge is -2.09. The highest BCUT2D eigenvalue weighted by Gasteiger charge is 2.21. The molecule has 5 nitrogen and oxygen atoms in total. The van der Waals surface area contributed by atoms with Gasteiger partial charge in [0.05, 0.1) is 17.9 Å². The molecule has 2 heterocycles. The molecule has 2 rings (SSSR count). The monoisotopic (exact) mass is 181 g/mol. The van der Waals surface area contributed by atoms with Gasteiger partial charge in [0.1, 0.15) is 0 Å². The first-order chi connectivity index (χ1) is 6.29. The van der Waals surface area contributed by atoms with Crippen molar-refractivity contribution in [3.05, 3.63) is 11.9 Å². The van der Waals surface area contributed by atoms with Crippen LogP contribution < -0.4 is 5.73 Å². The minimum atomic E-state index is 0.475. The Kier molecular flexibility index (Phi) is 2.28. The van der Waals surface area contributed by atoms with Gasteiger partial charge in [-0.2, -0.15) is 0 Å². The van der Waals surface area contributed by atoms with Gasteiger partial charge in [0, 0.05) is 13.1 Å². The molecule has 72 valence electrons. The Morgan fingerprint density at radius 2 is 2.54 bits per heavy atom. The van der Waals surface area contributed by atoms with E-state index >= 15 is 0 Å². The van der Waals surface area contributed by atoms with Crippen molar-refractivity contribution in [3.8, 4) is 0 Å². The summed E-state index contributed by atoms with van der Waals surface area (Å²) in [4.78, 5) is 2.30. The molecule has 1 atom stereocenters. The first-order valence-electron chi connectivity index (χ1n) is 4.59. The van der Waals surface area contributed by atoms with Gasteiger partial charge in [-0.15, -0.1) is 5.10 Å². The van der Waals surface area contributed by atoms with E-state index in [1.807, 2.05) is 10.9 Å². The Hall–Kier alpha value is -0.940. The van der Waals surface area contributed by atoms with Crippen LogP contribution in [0.2, 0.25) is 0 Å². The van der Waals surface area contributed by atoms with Crippen LogP contribution in [0.15, 0.2) is 6.20 Å². The fourth-order valence-electron chi connectivity index (χ4n) is 1.71. The highest BCUT2D eigenvalue weighted by molar-refractivity contribution is 4.93. The predicted octanol–water partition coefficient (Wildman–Crippen LogP) is -0.387. The van der Waals surface area contributed by atoms with Gasteiger partial charge in [-0.1, -0.05) is 5.21 Å². The topological polar surface area (TPSA) is 60.0 Å². The lowest BCUT2D eigenvalue weighted by atomic mass is 10.3. The van der Waals surface area contributed by atoms with Crippen LogP contribution in [0, 0.1) is 0 Å². The number of likely N-dealkylation sites (N-methyl/N-ethyl adjacent to an activating group) is 1. The summed E-state index contributed by atoms with van der Waals surface area (Å²) in [6.07, 6.45) is 3.10. The molecular weight excluding hydrogens is 166 g/mol. The third-order valence-electron chi connectivity index (χ3n) is 2.51. The van der Waals surface area contributed by atoms with Crippen LogP contribution in [-0.4, -0.2) is 40.0 Å². The van der Waals surface area contributed by atoms with Crippen molar-refractivity contribution < 1.29 is 0 Å². The van der Waals surface area contributed by atoms with Crippen molar-refractivity contribution in [2.75, 3.05) is 20.1 Å². The number of rotatable bonds is 2. The van der Waals surface area contributed by atoms with Crippen molar-refractivity contribution in [2.45, 2.75) is 19.0 Å². The van der Waals surface area contributed by atoms with Crippen LogP contribution in [0.3, 0.4) is 0 Å². The zero-order valence-corrected chi connectivity index (χ0v) is 7.85. The first-order valence-corrected chi connectivity index (χ1v) is 4.59. The summed E-state index contributed by atoms with van der Waals surface area (Å²) >= 11 is 0. The van der Waals surface area contributed by atoms with Crippen molar-refractivity contribution >= 4 is 0 Å². The number of hydrogen-bond donors (Lipinski definition) is 1. The van der Waals surface area contributed by atoms with E-state index in [0.29, 0.717) is 12.6 Å². The molecule has 0 aromatic carbocycles. The first kappa shape index (κ1) is 8.65. The van der Waals surface area contributed by atoms with E-state index in [9.17, 15) is 0 Å². The van der Waals surface area contributed by atoms with Gasteiger partial charge in [0.25, 0.3) is 0 Å². The fraction of sp³-hybridized carbons (Fsp3) is 0.750. The molecule has 0 unspecified atom stereocenters. The summed E-state index contributed by atoms with van der Waals surface area (Å²) in [7, 11) is 2.13. The highest BCUT2D eigenvalue weighted by Crippen LogP contribution is 2.18. The molecule has 13 heavy (non-hydrogen) atoms. The Labute approximate surface area is 77.5 Å². The molecule has 1 aromatic rings. The molecule has 1 aliphatic rings. The van der Waals surface area contributed by atoms with Crippen molar-refractivity contribution in [1.82, 2.24) is 19.9 Å². The molecule has 0 bridgehead atoms. The molecule has 0 saturated carbocycles. The molecule has 0 radical (unpaired) electrons. The molecule has 1 fully saturated rings. The van der Waals surface area contributed by atoms with Crippen molar-refractivity contribution in [3.63, 3.8) is 0 Å². The molecule has 1 aromatic heterocycles. The number of aromatic nitrogens is 3. The zero-order valence-electron chi connectivity index (χ0n) is 7.85. The van der Waals surface area contributed by atoms with Gasteiger partial charge < -0.3 is 10.6 Å². The zero-order chi connectivity index (χ0) is 9.26. The number of hydrogen-bond acceptors (Lipinski definition) is 4. The largest absolute Gasteiger partial charge is 0.325 e. The molecule has 1 saturated heterocycles. The Bertz CT molecular complexity index is 282. The van der Waals surface area contributed by atoms with Crippen molar-refractivity contribution in [2.24, 2.45) is 5.73 Å². The second-order valence-electron chi connectivity index (χ2n) is 3.60. The average Bonchev–Trinajstić information content (AvgIpc) is 2.71. The van der Waals surface area contributed by atoms with Crippen LogP contribution in [0.1, 0.15) is 18.2 Å². The normalized spacial score (nSPS) is 24.0. The van der Waals surface area contributed by atoms with Gasteiger partial charge in [-0.25, -0.2) is 4.68 Å². The molecule has 2 N–H and O–H groups in total. The maximum Gasteiger partial charge on any atom is 0.0962 e. The number of nitrogens with two attached hydrogens (primary N) is 1. The SMILES string of the molecule is CN1CC[C@H](n2cc(CN)nn2)C1. The summed E-state index contributed by atoms with van der Waals surface area (Å²) < 4.78 is 1.94. The standard InChI is InChI=1S/C8H15N5/c1-12-3-2-8(6-12)13-5-7(4-9)10-11-13/h5,8H,2-4,6,9H2,1H3/t8-/m0/s1. The predicted molar refractivity (Wildman–Crippen MR) is 49.1 cm³/mol. The third kappa shape index (κ3) is 1.71. The maximum atomic E-state index is 5.46. The highest BCUT2D eigenvalue weighted by atomic mass is 15.4. The Morgan fingerprint density at radius 1 is 1.69 bits per heavy atom. The lowest BCUT2D eigenvalue weighted by molar-refractivity contribution is 0.379. The van der Waals surface area contributed by atoms with Gasteiger partial charge >= 0.3 is 0 Å². The summed E-state index contributed by atoms with van der Waals surface area (Å²) in [6, 6.07) is 0.484. The van der Waals surface area contributed by atoms with E-state index in [0.717, 1.165) is 25.2 Å². The maximum absolute atomic E-state index is 5.46. The van der Waals surface area contributed by atoms with E-state index in [1.165, 1.54) is 0 Å². The number of nitrogens with zero attached hydrogens (tertiary/aromatic N) is 4. The summed E-state index contributed by atoms with van der Waals surface area (Å²) in [5, 5.41) is 8.04.